The molecule has 158 valence electrons. The Morgan fingerprint density at radius 2 is 1.45 bits per heavy atom. The van der Waals surface area contributed by atoms with Crippen molar-refractivity contribution >= 4 is 61.0 Å². The van der Waals surface area contributed by atoms with Gasteiger partial charge in [-0.15, -0.1) is 0 Å². The van der Waals surface area contributed by atoms with Crippen molar-refractivity contribution in [1.29, 1.82) is 0 Å². The second kappa shape index (κ2) is 9.95. The van der Waals surface area contributed by atoms with Crippen LogP contribution in [0.15, 0.2) is 63.8 Å². The first kappa shape index (κ1) is 22.1. The molecule has 0 atom stereocenters. The maximum Gasteiger partial charge on any atom is 0.356 e. The van der Waals surface area contributed by atoms with E-state index in [1.165, 1.54) is 0 Å². The molecule has 0 saturated carbocycles. The van der Waals surface area contributed by atoms with Crippen LogP contribution in [0.2, 0.25) is 0 Å². The van der Waals surface area contributed by atoms with E-state index in [4.69, 9.17) is 0 Å². The zero-order valence-electron chi connectivity index (χ0n) is 15.4. The van der Waals surface area contributed by atoms with E-state index in [1.807, 2.05) is 0 Å². The van der Waals surface area contributed by atoms with Gasteiger partial charge < -0.3 is 0 Å². The predicted octanol–water partition coefficient (Wildman–Crippen LogP) is 3.42. The lowest BCUT2D eigenvalue weighted by atomic mass is 10.2. The van der Waals surface area contributed by atoms with Gasteiger partial charge in [0.05, 0.1) is 10.5 Å². The van der Waals surface area contributed by atoms with Crippen LogP contribution in [0.5, 0.6) is 0 Å². The van der Waals surface area contributed by atoms with E-state index in [-0.39, 0.29) is 11.6 Å². The van der Waals surface area contributed by atoms with Crippen molar-refractivity contribution in [2.45, 2.75) is 0 Å². The third-order valence-corrected chi connectivity index (χ3v) is 5.04. The van der Waals surface area contributed by atoms with Crippen molar-refractivity contribution < 1.29 is 14.5 Å². The molecule has 1 heterocycles. The molecule has 2 aromatic carbocycles. The molecule has 0 aliphatic rings. The van der Waals surface area contributed by atoms with Gasteiger partial charge in [0.15, 0.2) is 0 Å². The molecular weight excluding hydrogens is 538 g/mol. The Kier molecular flexibility index (Phi) is 7.10. The van der Waals surface area contributed by atoms with Gasteiger partial charge in [-0.2, -0.15) is 0 Å². The number of hydrazine groups is 2. The van der Waals surface area contributed by atoms with E-state index in [2.05, 4.69) is 63.5 Å². The van der Waals surface area contributed by atoms with Crippen molar-refractivity contribution in [3.8, 4) is 0 Å². The predicted molar refractivity (Wildman–Crippen MR) is 119 cm³/mol. The number of benzene rings is 2. The number of aromatic nitrogens is 2. The van der Waals surface area contributed by atoms with Crippen LogP contribution in [0, 0.1) is 10.1 Å². The van der Waals surface area contributed by atoms with Gasteiger partial charge in [-0.1, -0.05) is 28.1 Å². The Balaban J connectivity index is 1.74. The number of halogens is 2. The van der Waals surface area contributed by atoms with Gasteiger partial charge in [0.1, 0.15) is 6.33 Å². The minimum Gasteiger partial charge on any atom is -0.276 e. The fourth-order valence-corrected chi connectivity index (χ4v) is 3.08. The smallest absolute Gasteiger partial charge is 0.276 e. The highest BCUT2D eigenvalue weighted by Crippen LogP contribution is 2.28. The number of anilines is 2. The number of carbonyl (C=O) groups is 2. The topological polar surface area (TPSA) is 151 Å². The lowest BCUT2D eigenvalue weighted by molar-refractivity contribution is -0.383. The van der Waals surface area contributed by atoms with Crippen molar-refractivity contribution in [3.63, 3.8) is 0 Å². The van der Waals surface area contributed by atoms with E-state index < -0.39 is 22.4 Å². The molecule has 2 amide bonds. The third-order valence-electron chi connectivity index (χ3n) is 3.82. The lowest BCUT2D eigenvalue weighted by Gasteiger charge is -2.12. The first-order chi connectivity index (χ1) is 14.9. The molecule has 0 saturated heterocycles. The zero-order chi connectivity index (χ0) is 22.4. The molecule has 0 radical (unpaired) electrons. The fraction of sp³-hybridized carbons (Fsp3) is 0. The minimum absolute atomic E-state index is 0.275. The van der Waals surface area contributed by atoms with Gasteiger partial charge in [0, 0.05) is 14.5 Å². The summed E-state index contributed by atoms with van der Waals surface area (Å²) in [4.78, 5) is 42.9. The lowest BCUT2D eigenvalue weighted by Crippen LogP contribution is -2.32. The highest BCUT2D eigenvalue weighted by molar-refractivity contribution is 9.10. The average Bonchev–Trinajstić information content (AvgIpc) is 2.76. The van der Waals surface area contributed by atoms with Gasteiger partial charge in [0.25, 0.3) is 11.8 Å². The highest BCUT2D eigenvalue weighted by atomic mass is 79.9. The number of hydrogen-bond acceptors (Lipinski definition) is 8. The Bertz CT molecular complexity index is 1140. The van der Waals surface area contributed by atoms with E-state index in [9.17, 15) is 19.7 Å². The van der Waals surface area contributed by atoms with Crippen LogP contribution in [0.1, 0.15) is 20.7 Å². The van der Waals surface area contributed by atoms with Gasteiger partial charge in [-0.3, -0.25) is 41.4 Å². The molecule has 0 unspecified atom stereocenters. The van der Waals surface area contributed by atoms with Gasteiger partial charge in [-0.05, 0) is 52.3 Å². The number of amides is 2. The van der Waals surface area contributed by atoms with Crippen LogP contribution in [0.25, 0.3) is 0 Å². The third kappa shape index (κ3) is 5.52. The molecule has 1 aromatic heterocycles. The fourth-order valence-electron chi connectivity index (χ4n) is 2.35. The SMILES string of the molecule is O=C(NNc1ncnc(NNC(=O)c2ccccc2Br)c1[N+](=O)[O-])c1ccc(Br)cc1. The molecule has 3 aromatic rings. The number of rotatable bonds is 7. The number of hydrogen-bond donors (Lipinski definition) is 4. The minimum atomic E-state index is -0.749. The molecule has 4 N–H and O–H groups in total. The van der Waals surface area contributed by atoms with Gasteiger partial charge in [-0.25, -0.2) is 9.97 Å². The summed E-state index contributed by atoms with van der Waals surface area (Å²) < 4.78 is 1.34. The van der Waals surface area contributed by atoms with Crippen LogP contribution >= 0.6 is 31.9 Å². The second-order valence-electron chi connectivity index (χ2n) is 5.82. The highest BCUT2D eigenvalue weighted by Gasteiger charge is 2.24. The largest absolute Gasteiger partial charge is 0.356 e. The first-order valence-electron chi connectivity index (χ1n) is 8.49. The standard InChI is InChI=1S/C18H13Br2N7O4/c19-11-7-5-10(6-8-11)17(28)25-23-15-14(27(30)31)16(22-9-21-15)24-26-18(29)12-3-1-2-4-13(12)20/h1-9H,(H,25,28)(H,26,29)(H2,21,22,23,24). The molecule has 0 aliphatic carbocycles. The summed E-state index contributed by atoms with van der Waals surface area (Å²) in [5.74, 6) is -1.63. The summed E-state index contributed by atoms with van der Waals surface area (Å²) >= 11 is 6.52. The number of nitrogens with one attached hydrogen (secondary N) is 4. The molecule has 0 aliphatic heterocycles. The summed E-state index contributed by atoms with van der Waals surface area (Å²) in [6.07, 6.45) is 1.04. The van der Waals surface area contributed by atoms with Crippen molar-refractivity contribution in [2.75, 3.05) is 10.9 Å². The van der Waals surface area contributed by atoms with Crippen LogP contribution in [0.4, 0.5) is 17.3 Å². The van der Waals surface area contributed by atoms with Crippen molar-refractivity contribution in [2.24, 2.45) is 0 Å². The summed E-state index contributed by atoms with van der Waals surface area (Å²) in [5.41, 5.74) is 9.56. The quantitative estimate of drug-likeness (QED) is 0.258. The molecule has 0 fully saturated rings. The molecule has 0 bridgehead atoms. The summed E-state index contributed by atoms with van der Waals surface area (Å²) in [6, 6.07) is 13.2. The van der Waals surface area contributed by atoms with Crippen LogP contribution in [0.3, 0.4) is 0 Å². The molecular formula is C18H13Br2N7O4. The average molecular weight is 551 g/mol. The van der Waals surface area contributed by atoms with Gasteiger partial charge >= 0.3 is 5.69 Å². The second-order valence-corrected chi connectivity index (χ2v) is 7.59. The number of carbonyl (C=O) groups excluding carboxylic acids is 2. The normalized spacial score (nSPS) is 10.1. The number of nitro groups is 1. The molecule has 11 nitrogen and oxygen atoms in total. The Morgan fingerprint density at radius 1 is 0.871 bits per heavy atom. The number of nitrogens with zero attached hydrogens (tertiary/aromatic N) is 3. The summed E-state index contributed by atoms with van der Waals surface area (Å²) in [7, 11) is 0. The van der Waals surface area contributed by atoms with Crippen LogP contribution in [-0.4, -0.2) is 26.7 Å². The Labute approximate surface area is 192 Å². The first-order valence-corrected chi connectivity index (χ1v) is 10.1. The summed E-state index contributed by atoms with van der Waals surface area (Å²) in [5, 5.41) is 11.6. The maximum atomic E-state index is 12.3. The van der Waals surface area contributed by atoms with Crippen LogP contribution in [-0.2, 0) is 0 Å². The van der Waals surface area contributed by atoms with Crippen LogP contribution < -0.4 is 21.7 Å². The van der Waals surface area contributed by atoms with Crippen molar-refractivity contribution in [3.05, 3.63) is 85.0 Å². The van der Waals surface area contributed by atoms with Gasteiger partial charge in [0.2, 0.25) is 11.6 Å². The van der Waals surface area contributed by atoms with E-state index in [1.54, 1.807) is 48.5 Å². The van der Waals surface area contributed by atoms with E-state index in [0.717, 1.165) is 10.8 Å². The van der Waals surface area contributed by atoms with E-state index >= 15 is 0 Å². The van der Waals surface area contributed by atoms with E-state index in [0.29, 0.717) is 15.6 Å². The monoisotopic (exact) mass is 549 g/mol. The molecule has 0 spiro atoms. The zero-order valence-corrected chi connectivity index (χ0v) is 18.6. The Hall–Kier alpha value is -3.58. The summed E-state index contributed by atoms with van der Waals surface area (Å²) in [6.45, 7) is 0. The molecule has 13 heteroatoms. The molecule has 31 heavy (non-hydrogen) atoms. The maximum absolute atomic E-state index is 12.3. The van der Waals surface area contributed by atoms with Crippen molar-refractivity contribution in [1.82, 2.24) is 20.8 Å². The Morgan fingerprint density at radius 3 is 2.03 bits per heavy atom. The molecule has 3 rings (SSSR count).